The van der Waals surface area contributed by atoms with Crippen LogP contribution < -0.4 is 4.90 Å². The number of hydrogen-bond acceptors (Lipinski definition) is 2. The maximum atomic E-state index is 8.00. The van der Waals surface area contributed by atoms with Crippen LogP contribution in [-0.2, 0) is 10.2 Å². The van der Waals surface area contributed by atoms with E-state index in [0.717, 1.165) is 0 Å². The van der Waals surface area contributed by atoms with Crippen LogP contribution in [0.3, 0.4) is 0 Å². The molecular weight excluding hydrogens is 378 g/mol. The molecule has 2 atom stereocenters. The lowest BCUT2D eigenvalue weighted by molar-refractivity contribution is -0.0979. The lowest BCUT2D eigenvalue weighted by Gasteiger charge is -2.28. The van der Waals surface area contributed by atoms with Gasteiger partial charge in [-0.05, 0) is 65.6 Å². The highest BCUT2D eigenvalue weighted by Gasteiger charge is 2.41. The molecule has 0 saturated heterocycles. The molecule has 0 bridgehead atoms. The number of hydrogen-bond donors (Lipinski definition) is 0. The third-order valence-corrected chi connectivity index (χ3v) is 6.84. The Kier molecular flexibility index (Phi) is 5.75. The number of rotatable bonds is 2. The summed E-state index contributed by atoms with van der Waals surface area (Å²) >= 11 is 0. The Morgan fingerprint density at radius 1 is 0.903 bits per heavy atom. The van der Waals surface area contributed by atoms with Crippen molar-refractivity contribution in [2.24, 2.45) is 0 Å². The molecule has 1 heterocycles. The zero-order valence-electron chi connectivity index (χ0n) is 19.2. The molecule has 3 aromatic rings. The van der Waals surface area contributed by atoms with Crippen molar-refractivity contribution >= 4 is 18.2 Å². The van der Waals surface area contributed by atoms with Crippen LogP contribution in [0.5, 0.6) is 0 Å². The second-order valence-corrected chi connectivity index (χ2v) is 9.88. The van der Waals surface area contributed by atoms with Gasteiger partial charge in [0, 0.05) is 23.3 Å². The molecule has 2 aliphatic rings. The highest BCUT2D eigenvalue weighted by atomic mass is 16.1. The van der Waals surface area contributed by atoms with E-state index in [1.807, 2.05) is 6.79 Å². The van der Waals surface area contributed by atoms with E-state index >= 15 is 0 Å². The molecule has 0 N–H and O–H groups in total. The lowest BCUT2D eigenvalue weighted by atomic mass is 9.82. The summed E-state index contributed by atoms with van der Waals surface area (Å²) in [6.45, 7) is 11.1. The fourth-order valence-corrected chi connectivity index (χ4v) is 5.50. The van der Waals surface area contributed by atoms with Crippen molar-refractivity contribution in [2.75, 3.05) is 4.90 Å². The van der Waals surface area contributed by atoms with Gasteiger partial charge in [-0.1, -0.05) is 81.3 Å². The number of benzene rings is 3. The van der Waals surface area contributed by atoms with Crippen LogP contribution in [0.25, 0.3) is 11.1 Å². The summed E-state index contributed by atoms with van der Waals surface area (Å²) in [6, 6.07) is 25.8. The first-order chi connectivity index (χ1) is 14.9. The summed E-state index contributed by atoms with van der Waals surface area (Å²) in [7, 11) is 0. The smallest absolute Gasteiger partial charge is 0.106 e. The molecule has 31 heavy (non-hydrogen) atoms. The molecule has 5 rings (SSSR count). The zero-order valence-corrected chi connectivity index (χ0v) is 19.2. The standard InChI is InChI=1S/C28H31N.CH2O/c1-19-12-17-27-24(18-19)23-9-7-11-26(23)29(27)21-15-13-20(14-16-21)22-8-5-6-10-25(22)28(2,3)4;1-2/h5-6,8,10,12-18,23,26H,7,9,11H2,1-4H3;1H2. The van der Waals surface area contributed by atoms with Crippen molar-refractivity contribution in [1.29, 1.82) is 0 Å². The molecule has 160 valence electrons. The molecule has 2 heteroatoms. The van der Waals surface area contributed by atoms with Crippen LogP contribution in [0.2, 0.25) is 0 Å². The SMILES string of the molecule is C=O.Cc1ccc2c(c1)C1CCCC1N2c1ccc(-c2ccccc2C(C)(C)C)cc1. The molecule has 2 nitrogen and oxygen atoms in total. The average Bonchev–Trinajstić information content (AvgIpc) is 3.36. The predicted octanol–water partition coefficient (Wildman–Crippen LogP) is 7.56. The second kappa shape index (κ2) is 8.34. The van der Waals surface area contributed by atoms with Crippen LogP contribution in [0.1, 0.15) is 62.6 Å². The molecule has 0 radical (unpaired) electrons. The van der Waals surface area contributed by atoms with Gasteiger partial charge >= 0.3 is 0 Å². The summed E-state index contributed by atoms with van der Waals surface area (Å²) < 4.78 is 0. The minimum atomic E-state index is 0.137. The van der Waals surface area contributed by atoms with Crippen molar-refractivity contribution in [3.63, 3.8) is 0 Å². The number of aryl methyl sites for hydroxylation is 1. The molecule has 2 unspecified atom stereocenters. The summed E-state index contributed by atoms with van der Waals surface area (Å²) in [5.74, 6) is 0.700. The van der Waals surface area contributed by atoms with Gasteiger partial charge in [0.15, 0.2) is 0 Å². The van der Waals surface area contributed by atoms with Crippen molar-refractivity contribution in [3.8, 4) is 11.1 Å². The van der Waals surface area contributed by atoms with Gasteiger partial charge in [-0.2, -0.15) is 0 Å². The third kappa shape index (κ3) is 3.80. The monoisotopic (exact) mass is 411 g/mol. The Morgan fingerprint density at radius 3 is 2.32 bits per heavy atom. The first-order valence-electron chi connectivity index (χ1n) is 11.3. The molecular formula is C29H33NO. The van der Waals surface area contributed by atoms with E-state index in [1.165, 1.54) is 52.9 Å². The molecule has 1 fully saturated rings. The quantitative estimate of drug-likeness (QED) is 0.433. The zero-order chi connectivity index (χ0) is 22.2. The van der Waals surface area contributed by atoms with Gasteiger partial charge in [-0.15, -0.1) is 0 Å². The molecule has 0 spiro atoms. The number of carbonyl (C=O) groups is 1. The summed E-state index contributed by atoms with van der Waals surface area (Å²) in [4.78, 5) is 10.6. The van der Waals surface area contributed by atoms with E-state index in [-0.39, 0.29) is 5.41 Å². The van der Waals surface area contributed by atoms with Crippen molar-refractivity contribution in [2.45, 2.75) is 64.3 Å². The van der Waals surface area contributed by atoms with Gasteiger partial charge in [0.05, 0.1) is 0 Å². The van der Waals surface area contributed by atoms with Crippen LogP contribution >= 0.6 is 0 Å². The van der Waals surface area contributed by atoms with E-state index in [9.17, 15) is 0 Å². The number of carbonyl (C=O) groups excluding carboxylic acids is 1. The Labute approximate surface area is 186 Å². The summed E-state index contributed by atoms with van der Waals surface area (Å²) in [6.07, 6.45) is 3.97. The van der Waals surface area contributed by atoms with E-state index < -0.39 is 0 Å². The Bertz CT molecular complexity index is 1060. The fraction of sp³-hybridized carbons (Fsp3) is 0.345. The second-order valence-electron chi connectivity index (χ2n) is 9.88. The lowest BCUT2D eigenvalue weighted by Crippen LogP contribution is -2.26. The molecule has 0 amide bonds. The molecule has 0 aromatic heterocycles. The maximum absolute atomic E-state index is 8.00. The van der Waals surface area contributed by atoms with Crippen molar-refractivity contribution in [3.05, 3.63) is 83.4 Å². The van der Waals surface area contributed by atoms with Crippen molar-refractivity contribution < 1.29 is 4.79 Å². The van der Waals surface area contributed by atoms with Gasteiger partial charge in [0.1, 0.15) is 6.79 Å². The first kappa shape index (κ1) is 21.4. The van der Waals surface area contributed by atoms with Crippen molar-refractivity contribution in [1.82, 2.24) is 0 Å². The van der Waals surface area contributed by atoms with Crippen LogP contribution in [0, 0.1) is 6.92 Å². The van der Waals surface area contributed by atoms with Crippen LogP contribution in [-0.4, -0.2) is 12.8 Å². The first-order valence-corrected chi connectivity index (χ1v) is 11.3. The Hall–Kier alpha value is -2.87. The number of anilines is 2. The fourth-order valence-electron chi connectivity index (χ4n) is 5.50. The van der Waals surface area contributed by atoms with E-state index in [0.29, 0.717) is 12.0 Å². The molecule has 1 aliphatic carbocycles. The third-order valence-electron chi connectivity index (χ3n) is 6.84. The van der Waals surface area contributed by atoms with Crippen LogP contribution in [0.15, 0.2) is 66.7 Å². The maximum Gasteiger partial charge on any atom is 0.106 e. The van der Waals surface area contributed by atoms with Gasteiger partial charge in [0.2, 0.25) is 0 Å². The largest absolute Gasteiger partial charge is 0.338 e. The van der Waals surface area contributed by atoms with Gasteiger partial charge in [-0.3, -0.25) is 0 Å². The average molecular weight is 412 g/mol. The van der Waals surface area contributed by atoms with Crippen LogP contribution in [0.4, 0.5) is 11.4 Å². The minimum Gasteiger partial charge on any atom is -0.338 e. The normalized spacial score (nSPS) is 19.4. The van der Waals surface area contributed by atoms with Gasteiger partial charge in [-0.25, -0.2) is 0 Å². The highest BCUT2D eigenvalue weighted by Crippen LogP contribution is 2.52. The summed E-state index contributed by atoms with van der Waals surface area (Å²) in [5, 5.41) is 0. The Morgan fingerprint density at radius 2 is 1.61 bits per heavy atom. The molecule has 1 saturated carbocycles. The van der Waals surface area contributed by atoms with E-state index in [4.69, 9.17) is 4.79 Å². The van der Waals surface area contributed by atoms with Gasteiger partial charge < -0.3 is 9.69 Å². The summed E-state index contributed by atoms with van der Waals surface area (Å²) in [5.41, 5.74) is 9.91. The number of nitrogens with zero attached hydrogens (tertiary/aromatic N) is 1. The predicted molar refractivity (Wildman–Crippen MR) is 131 cm³/mol. The Balaban J connectivity index is 0.00000112. The topological polar surface area (TPSA) is 20.3 Å². The number of fused-ring (bicyclic) bond motifs is 3. The van der Waals surface area contributed by atoms with Gasteiger partial charge in [0.25, 0.3) is 0 Å². The van der Waals surface area contributed by atoms with E-state index in [1.54, 1.807) is 5.56 Å². The molecule has 3 aromatic carbocycles. The van der Waals surface area contributed by atoms with E-state index in [2.05, 4.69) is 99.3 Å². The highest BCUT2D eigenvalue weighted by molar-refractivity contribution is 5.76. The molecule has 1 aliphatic heterocycles. The minimum absolute atomic E-state index is 0.137.